The Bertz CT molecular complexity index is 376. The van der Waals surface area contributed by atoms with Crippen molar-refractivity contribution in [3.05, 3.63) is 35.9 Å². The molecule has 0 radical (unpaired) electrons. The summed E-state index contributed by atoms with van der Waals surface area (Å²) in [4.78, 5) is 2.81. The quantitative estimate of drug-likeness (QED) is 0.479. The van der Waals surface area contributed by atoms with Crippen LogP contribution >= 0.6 is 0 Å². The number of nitrogens with zero attached hydrogens (tertiary/aromatic N) is 1. The zero-order chi connectivity index (χ0) is 15.6. The van der Waals surface area contributed by atoms with Crippen LogP contribution in [0.25, 0.3) is 0 Å². The van der Waals surface area contributed by atoms with Crippen molar-refractivity contribution in [1.82, 2.24) is 4.90 Å². The minimum atomic E-state index is 0.765. The van der Waals surface area contributed by atoms with E-state index in [9.17, 15) is 0 Å². The normalized spacial score (nSPS) is 19.1. The highest BCUT2D eigenvalue weighted by molar-refractivity contribution is 5.21. The van der Waals surface area contributed by atoms with Crippen molar-refractivity contribution in [2.45, 2.75) is 83.6 Å². The highest BCUT2D eigenvalue weighted by Crippen LogP contribution is 2.30. The highest BCUT2D eigenvalue weighted by Gasteiger charge is 2.28. The molecule has 1 aromatic rings. The van der Waals surface area contributed by atoms with Gasteiger partial charge in [0.25, 0.3) is 0 Å². The summed E-state index contributed by atoms with van der Waals surface area (Å²) < 4.78 is 0. The molecule has 0 spiro atoms. The van der Waals surface area contributed by atoms with Crippen LogP contribution in [0, 0.1) is 0 Å². The first-order valence-electron chi connectivity index (χ1n) is 9.64. The molecule has 1 aromatic carbocycles. The third-order valence-corrected chi connectivity index (χ3v) is 5.29. The number of likely N-dealkylation sites (tertiary alicyclic amines) is 1. The van der Waals surface area contributed by atoms with Crippen LogP contribution in [-0.2, 0) is 0 Å². The Kier molecular flexibility index (Phi) is 8.01. The van der Waals surface area contributed by atoms with E-state index in [4.69, 9.17) is 0 Å². The number of rotatable bonds is 10. The van der Waals surface area contributed by atoms with Gasteiger partial charge in [-0.1, -0.05) is 82.7 Å². The van der Waals surface area contributed by atoms with E-state index in [1.54, 1.807) is 5.56 Å². The van der Waals surface area contributed by atoms with Crippen LogP contribution in [0.5, 0.6) is 0 Å². The summed E-state index contributed by atoms with van der Waals surface area (Å²) in [7, 11) is 0. The van der Waals surface area contributed by atoms with Crippen LogP contribution in [0.15, 0.2) is 30.3 Å². The predicted octanol–water partition coefficient (Wildman–Crippen LogP) is 6.01. The van der Waals surface area contributed by atoms with Gasteiger partial charge in [-0.2, -0.15) is 0 Å². The van der Waals surface area contributed by atoms with E-state index < -0.39 is 0 Å². The van der Waals surface area contributed by atoms with Crippen molar-refractivity contribution in [3.8, 4) is 0 Å². The van der Waals surface area contributed by atoms with Crippen molar-refractivity contribution in [3.63, 3.8) is 0 Å². The SMILES string of the molecule is CCCCCC(CCCCC)N1CCC(c2ccccc2)C1. The zero-order valence-electron chi connectivity index (χ0n) is 14.8. The van der Waals surface area contributed by atoms with Crippen LogP contribution in [0.4, 0.5) is 0 Å². The van der Waals surface area contributed by atoms with Gasteiger partial charge in [0, 0.05) is 12.6 Å². The van der Waals surface area contributed by atoms with Crippen LogP contribution in [0.3, 0.4) is 0 Å². The molecule has 0 bridgehead atoms. The lowest BCUT2D eigenvalue weighted by molar-refractivity contribution is 0.207. The van der Waals surface area contributed by atoms with Crippen LogP contribution in [0.2, 0.25) is 0 Å². The van der Waals surface area contributed by atoms with Gasteiger partial charge in [0.15, 0.2) is 0 Å². The molecule has 1 aliphatic rings. The first kappa shape index (κ1) is 17.5. The molecule has 1 fully saturated rings. The van der Waals surface area contributed by atoms with E-state index in [0.717, 1.165) is 12.0 Å². The van der Waals surface area contributed by atoms with E-state index >= 15 is 0 Å². The number of hydrogen-bond donors (Lipinski definition) is 0. The van der Waals surface area contributed by atoms with Crippen molar-refractivity contribution in [2.24, 2.45) is 0 Å². The summed E-state index contributed by atoms with van der Waals surface area (Å²) in [5, 5.41) is 0. The molecule has 0 amide bonds. The Morgan fingerprint density at radius 3 is 2.18 bits per heavy atom. The first-order chi connectivity index (χ1) is 10.8. The summed E-state index contributed by atoms with van der Waals surface area (Å²) >= 11 is 0. The Labute approximate surface area is 138 Å². The smallest absolute Gasteiger partial charge is 0.00955 e. The fourth-order valence-electron chi connectivity index (χ4n) is 3.89. The molecule has 124 valence electrons. The van der Waals surface area contributed by atoms with Gasteiger partial charge in [-0.3, -0.25) is 4.90 Å². The summed E-state index contributed by atoms with van der Waals surface area (Å²) in [5.74, 6) is 0.765. The minimum absolute atomic E-state index is 0.765. The largest absolute Gasteiger partial charge is 0.300 e. The van der Waals surface area contributed by atoms with Gasteiger partial charge < -0.3 is 0 Å². The monoisotopic (exact) mass is 301 g/mol. The maximum Gasteiger partial charge on any atom is 0.00955 e. The second kappa shape index (κ2) is 10.0. The Morgan fingerprint density at radius 2 is 1.59 bits per heavy atom. The van der Waals surface area contributed by atoms with E-state index in [0.29, 0.717) is 0 Å². The lowest BCUT2D eigenvalue weighted by Gasteiger charge is -2.28. The molecule has 1 nitrogen and oxygen atoms in total. The highest BCUT2D eigenvalue weighted by atomic mass is 15.2. The summed E-state index contributed by atoms with van der Waals surface area (Å²) in [6, 6.07) is 12.0. The first-order valence-corrected chi connectivity index (χ1v) is 9.64. The summed E-state index contributed by atoms with van der Waals surface area (Å²) in [6.45, 7) is 7.22. The average molecular weight is 302 g/mol. The van der Waals surface area contributed by atoms with Gasteiger partial charge in [0.2, 0.25) is 0 Å². The molecule has 1 atom stereocenters. The molecule has 0 saturated carbocycles. The average Bonchev–Trinajstić information content (AvgIpc) is 3.04. The second-order valence-electron chi connectivity index (χ2n) is 7.04. The molecule has 1 saturated heterocycles. The lowest BCUT2D eigenvalue weighted by atomic mass is 9.98. The Hall–Kier alpha value is -0.820. The molecular weight excluding hydrogens is 266 g/mol. The van der Waals surface area contributed by atoms with E-state index in [2.05, 4.69) is 49.1 Å². The second-order valence-corrected chi connectivity index (χ2v) is 7.04. The summed E-state index contributed by atoms with van der Waals surface area (Å²) in [6.07, 6.45) is 12.5. The molecule has 1 aliphatic heterocycles. The topological polar surface area (TPSA) is 3.24 Å². The van der Waals surface area contributed by atoms with Gasteiger partial charge in [-0.05, 0) is 37.3 Å². The fourth-order valence-corrected chi connectivity index (χ4v) is 3.89. The Morgan fingerprint density at radius 1 is 0.955 bits per heavy atom. The molecule has 2 rings (SSSR count). The molecular formula is C21H35N. The molecule has 22 heavy (non-hydrogen) atoms. The molecule has 1 unspecified atom stereocenters. The minimum Gasteiger partial charge on any atom is -0.300 e. The molecule has 0 N–H and O–H groups in total. The third kappa shape index (κ3) is 5.43. The number of benzene rings is 1. The van der Waals surface area contributed by atoms with Gasteiger partial charge in [-0.15, -0.1) is 0 Å². The predicted molar refractivity (Wildman–Crippen MR) is 97.4 cm³/mol. The number of unbranched alkanes of at least 4 members (excludes halogenated alkanes) is 4. The molecule has 0 aliphatic carbocycles. The van der Waals surface area contributed by atoms with E-state index in [1.165, 1.54) is 70.9 Å². The van der Waals surface area contributed by atoms with Gasteiger partial charge in [0.1, 0.15) is 0 Å². The van der Waals surface area contributed by atoms with Crippen molar-refractivity contribution in [1.29, 1.82) is 0 Å². The Balaban J connectivity index is 1.87. The van der Waals surface area contributed by atoms with Crippen molar-refractivity contribution >= 4 is 0 Å². The van der Waals surface area contributed by atoms with Gasteiger partial charge in [-0.25, -0.2) is 0 Å². The summed E-state index contributed by atoms with van der Waals surface area (Å²) in [5.41, 5.74) is 1.55. The molecule has 1 heterocycles. The number of hydrogen-bond acceptors (Lipinski definition) is 1. The van der Waals surface area contributed by atoms with Gasteiger partial charge >= 0.3 is 0 Å². The molecule has 0 aromatic heterocycles. The van der Waals surface area contributed by atoms with Crippen LogP contribution in [0.1, 0.15) is 83.1 Å². The zero-order valence-corrected chi connectivity index (χ0v) is 14.8. The van der Waals surface area contributed by atoms with Crippen molar-refractivity contribution in [2.75, 3.05) is 13.1 Å². The lowest BCUT2D eigenvalue weighted by Crippen LogP contribution is -2.33. The fraction of sp³-hybridized carbons (Fsp3) is 0.714. The molecule has 1 heteroatoms. The van der Waals surface area contributed by atoms with E-state index in [1.807, 2.05) is 0 Å². The van der Waals surface area contributed by atoms with E-state index in [-0.39, 0.29) is 0 Å². The third-order valence-electron chi connectivity index (χ3n) is 5.29. The van der Waals surface area contributed by atoms with Crippen molar-refractivity contribution < 1.29 is 0 Å². The maximum absolute atomic E-state index is 2.81. The van der Waals surface area contributed by atoms with Crippen LogP contribution < -0.4 is 0 Å². The maximum atomic E-state index is 2.81. The van der Waals surface area contributed by atoms with Crippen LogP contribution in [-0.4, -0.2) is 24.0 Å². The standard InChI is InChI=1S/C21H35N/c1-3-5-8-14-21(15-9-6-4-2)22-17-16-20(18-22)19-12-10-7-11-13-19/h7,10-13,20-21H,3-6,8-9,14-18H2,1-2H3. The van der Waals surface area contributed by atoms with Gasteiger partial charge in [0.05, 0.1) is 0 Å².